The van der Waals surface area contributed by atoms with Crippen molar-refractivity contribution in [2.24, 2.45) is 0 Å². The number of carbonyl (C=O) groups is 3. The van der Waals surface area contributed by atoms with Crippen molar-refractivity contribution in [2.45, 2.75) is 32.7 Å². The standard InChI is InChI=1S/C15H19NO5/c1-2-21-15(20)8-7-13(17)16-10-12-6-4-3-5-11(12)9-14(18)19/h3-6H,2,7-10H2,1H3,(H,16,17)(H,18,19). The number of carboxylic acid groups (broad SMARTS) is 1. The van der Waals surface area contributed by atoms with Crippen LogP contribution < -0.4 is 5.32 Å². The van der Waals surface area contributed by atoms with Crippen molar-refractivity contribution >= 4 is 17.8 Å². The van der Waals surface area contributed by atoms with E-state index >= 15 is 0 Å². The summed E-state index contributed by atoms with van der Waals surface area (Å²) >= 11 is 0. The highest BCUT2D eigenvalue weighted by molar-refractivity contribution is 5.81. The molecule has 6 nitrogen and oxygen atoms in total. The van der Waals surface area contributed by atoms with Crippen LogP contribution in [0.15, 0.2) is 24.3 Å². The van der Waals surface area contributed by atoms with Gasteiger partial charge in [0.1, 0.15) is 0 Å². The van der Waals surface area contributed by atoms with Gasteiger partial charge in [-0.15, -0.1) is 0 Å². The second-order valence-corrected chi connectivity index (χ2v) is 4.42. The van der Waals surface area contributed by atoms with Gasteiger partial charge >= 0.3 is 11.9 Å². The highest BCUT2D eigenvalue weighted by atomic mass is 16.5. The Hall–Kier alpha value is -2.37. The maximum atomic E-state index is 11.6. The molecular formula is C15H19NO5. The summed E-state index contributed by atoms with van der Waals surface area (Å²) in [5, 5.41) is 11.5. The predicted molar refractivity (Wildman–Crippen MR) is 75.5 cm³/mol. The Morgan fingerprint density at radius 3 is 2.43 bits per heavy atom. The average molecular weight is 293 g/mol. The first-order valence-electron chi connectivity index (χ1n) is 6.73. The Balaban J connectivity index is 2.46. The van der Waals surface area contributed by atoms with Crippen LogP contribution in [0.1, 0.15) is 30.9 Å². The molecule has 0 saturated carbocycles. The van der Waals surface area contributed by atoms with Crippen molar-refractivity contribution in [1.82, 2.24) is 5.32 Å². The number of nitrogens with one attached hydrogen (secondary N) is 1. The lowest BCUT2D eigenvalue weighted by Gasteiger charge is -2.09. The number of hydrogen-bond donors (Lipinski definition) is 2. The number of ether oxygens (including phenoxy) is 1. The molecule has 0 aromatic heterocycles. The summed E-state index contributed by atoms with van der Waals surface area (Å²) in [6, 6.07) is 7.02. The van der Waals surface area contributed by atoms with Crippen molar-refractivity contribution in [1.29, 1.82) is 0 Å². The molecule has 0 atom stereocenters. The molecule has 1 rings (SSSR count). The summed E-state index contributed by atoms with van der Waals surface area (Å²) < 4.78 is 4.73. The molecule has 6 heteroatoms. The lowest BCUT2D eigenvalue weighted by atomic mass is 10.0. The van der Waals surface area contributed by atoms with E-state index in [4.69, 9.17) is 9.84 Å². The molecule has 0 bridgehead atoms. The van der Waals surface area contributed by atoms with Crippen LogP contribution in [0.3, 0.4) is 0 Å². The first-order valence-corrected chi connectivity index (χ1v) is 6.73. The molecule has 0 aliphatic rings. The SMILES string of the molecule is CCOC(=O)CCC(=O)NCc1ccccc1CC(=O)O. The van der Waals surface area contributed by atoms with Gasteiger partial charge in [0.15, 0.2) is 0 Å². The maximum Gasteiger partial charge on any atom is 0.307 e. The van der Waals surface area contributed by atoms with Crippen molar-refractivity contribution in [3.8, 4) is 0 Å². The van der Waals surface area contributed by atoms with Crippen molar-refractivity contribution in [2.75, 3.05) is 6.61 Å². The van der Waals surface area contributed by atoms with Crippen LogP contribution in [0, 0.1) is 0 Å². The average Bonchev–Trinajstić information content (AvgIpc) is 2.44. The van der Waals surface area contributed by atoms with Crippen LogP contribution in [0.5, 0.6) is 0 Å². The number of amides is 1. The van der Waals surface area contributed by atoms with E-state index in [1.807, 2.05) is 0 Å². The Morgan fingerprint density at radius 1 is 1.14 bits per heavy atom. The first-order chi connectivity index (χ1) is 10.0. The van der Waals surface area contributed by atoms with Crippen molar-refractivity contribution in [3.63, 3.8) is 0 Å². The van der Waals surface area contributed by atoms with E-state index in [0.717, 1.165) is 5.56 Å². The second-order valence-electron chi connectivity index (χ2n) is 4.42. The molecule has 114 valence electrons. The monoisotopic (exact) mass is 293 g/mol. The molecule has 0 unspecified atom stereocenters. The highest BCUT2D eigenvalue weighted by Crippen LogP contribution is 2.09. The summed E-state index contributed by atoms with van der Waals surface area (Å²) in [5.74, 6) is -1.59. The zero-order valence-corrected chi connectivity index (χ0v) is 11.9. The molecule has 0 aliphatic heterocycles. The van der Waals surface area contributed by atoms with E-state index < -0.39 is 11.9 Å². The van der Waals surface area contributed by atoms with Crippen molar-refractivity contribution in [3.05, 3.63) is 35.4 Å². The lowest BCUT2D eigenvalue weighted by molar-refractivity contribution is -0.144. The second kappa shape index (κ2) is 8.73. The number of carbonyl (C=O) groups excluding carboxylic acids is 2. The molecule has 21 heavy (non-hydrogen) atoms. The van der Waals surface area contributed by atoms with E-state index in [-0.39, 0.29) is 31.7 Å². The van der Waals surface area contributed by atoms with E-state index in [1.54, 1.807) is 31.2 Å². The molecule has 0 fully saturated rings. The molecule has 0 aliphatic carbocycles. The van der Waals surface area contributed by atoms with Crippen LogP contribution in [-0.4, -0.2) is 29.6 Å². The third-order valence-corrected chi connectivity index (χ3v) is 2.80. The van der Waals surface area contributed by atoms with Gasteiger partial charge in [-0.1, -0.05) is 24.3 Å². The number of rotatable bonds is 8. The van der Waals surface area contributed by atoms with Gasteiger partial charge in [-0.25, -0.2) is 0 Å². The van der Waals surface area contributed by atoms with Gasteiger partial charge in [0.2, 0.25) is 5.91 Å². The van der Waals surface area contributed by atoms with Crippen LogP contribution in [-0.2, 0) is 32.1 Å². The molecule has 1 aromatic rings. The minimum absolute atomic E-state index is 0.0381. The number of carboxylic acids is 1. The van der Waals surface area contributed by atoms with E-state index in [9.17, 15) is 14.4 Å². The minimum atomic E-state index is -0.920. The first kappa shape index (κ1) is 16.7. The Bertz CT molecular complexity index is 513. The van der Waals surface area contributed by atoms with Gasteiger partial charge in [-0.05, 0) is 18.1 Å². The summed E-state index contributed by atoms with van der Waals surface area (Å²) in [7, 11) is 0. The quantitative estimate of drug-likeness (QED) is 0.704. The lowest BCUT2D eigenvalue weighted by Crippen LogP contribution is -2.24. The molecule has 0 spiro atoms. The molecule has 1 amide bonds. The Kier molecular flexibility index (Phi) is 6.94. The fourth-order valence-corrected chi connectivity index (χ4v) is 1.80. The van der Waals surface area contributed by atoms with E-state index in [2.05, 4.69) is 5.32 Å². The van der Waals surface area contributed by atoms with Gasteiger partial charge in [0.05, 0.1) is 19.4 Å². The molecule has 0 saturated heterocycles. The number of aliphatic carboxylic acids is 1. The highest BCUT2D eigenvalue weighted by Gasteiger charge is 2.09. The Morgan fingerprint density at radius 2 is 1.81 bits per heavy atom. The molecule has 0 radical (unpaired) electrons. The van der Waals surface area contributed by atoms with E-state index in [0.29, 0.717) is 12.2 Å². The van der Waals surface area contributed by atoms with Crippen molar-refractivity contribution < 1.29 is 24.2 Å². The third kappa shape index (κ3) is 6.56. The van der Waals surface area contributed by atoms with Gasteiger partial charge in [0.25, 0.3) is 0 Å². The number of benzene rings is 1. The largest absolute Gasteiger partial charge is 0.481 e. The zero-order chi connectivity index (χ0) is 15.7. The Labute approximate surface area is 123 Å². The normalized spacial score (nSPS) is 9.95. The molecule has 2 N–H and O–H groups in total. The van der Waals surface area contributed by atoms with Gasteiger partial charge in [-0.3, -0.25) is 14.4 Å². The third-order valence-electron chi connectivity index (χ3n) is 2.80. The van der Waals surface area contributed by atoms with Gasteiger partial charge in [-0.2, -0.15) is 0 Å². The summed E-state index contributed by atoms with van der Waals surface area (Å²) in [6.45, 7) is 2.24. The predicted octanol–water partition coefficient (Wildman–Crippen LogP) is 1.27. The summed E-state index contributed by atoms with van der Waals surface area (Å²) in [6.07, 6.45) is 0.00520. The molecule has 1 aromatic carbocycles. The minimum Gasteiger partial charge on any atom is -0.481 e. The molecule has 0 heterocycles. The zero-order valence-electron chi connectivity index (χ0n) is 11.9. The fourth-order valence-electron chi connectivity index (χ4n) is 1.80. The van der Waals surface area contributed by atoms with Gasteiger partial charge < -0.3 is 15.2 Å². The smallest absolute Gasteiger partial charge is 0.307 e. The van der Waals surface area contributed by atoms with Crippen LogP contribution >= 0.6 is 0 Å². The maximum absolute atomic E-state index is 11.6. The number of hydrogen-bond acceptors (Lipinski definition) is 4. The van der Waals surface area contributed by atoms with E-state index in [1.165, 1.54) is 0 Å². The van der Waals surface area contributed by atoms with Crippen LogP contribution in [0.2, 0.25) is 0 Å². The summed E-state index contributed by atoms with van der Waals surface area (Å²) in [5.41, 5.74) is 1.42. The number of esters is 1. The van der Waals surface area contributed by atoms with Crippen LogP contribution in [0.25, 0.3) is 0 Å². The summed E-state index contributed by atoms with van der Waals surface area (Å²) in [4.78, 5) is 33.5. The van der Waals surface area contributed by atoms with Gasteiger partial charge in [0, 0.05) is 13.0 Å². The van der Waals surface area contributed by atoms with Crippen LogP contribution in [0.4, 0.5) is 0 Å². The fraction of sp³-hybridized carbons (Fsp3) is 0.400. The topological polar surface area (TPSA) is 92.7 Å². The molecular weight excluding hydrogens is 274 g/mol.